The van der Waals surface area contributed by atoms with Crippen LogP contribution in [0.3, 0.4) is 0 Å². The van der Waals surface area contributed by atoms with Crippen molar-refractivity contribution in [1.82, 2.24) is 4.98 Å². The molecule has 0 radical (unpaired) electrons. The van der Waals surface area contributed by atoms with Crippen molar-refractivity contribution >= 4 is 10.9 Å². The van der Waals surface area contributed by atoms with E-state index in [-0.39, 0.29) is 5.75 Å². The molecule has 0 amide bonds. The first-order chi connectivity index (χ1) is 11.2. The van der Waals surface area contributed by atoms with Crippen LogP contribution < -0.4 is 0 Å². The second kappa shape index (κ2) is 5.33. The number of aryl methyl sites for hydroxylation is 1. The number of aromatic hydroxyl groups is 1. The summed E-state index contributed by atoms with van der Waals surface area (Å²) >= 11 is 0. The Morgan fingerprint density at radius 2 is 1.48 bits per heavy atom. The molecule has 0 atom stereocenters. The molecule has 0 spiro atoms. The van der Waals surface area contributed by atoms with Gasteiger partial charge < -0.3 is 10.1 Å². The third kappa shape index (κ3) is 2.29. The molecule has 0 aliphatic rings. The van der Waals surface area contributed by atoms with Gasteiger partial charge >= 0.3 is 0 Å². The first kappa shape index (κ1) is 13.6. The lowest BCUT2D eigenvalue weighted by Gasteiger charge is -2.06. The lowest BCUT2D eigenvalue weighted by atomic mass is 9.98. The molecular weight excluding hydrogens is 282 g/mol. The number of phenolic OH excluding ortho intramolecular Hbond substituents is 1. The zero-order valence-electron chi connectivity index (χ0n) is 12.9. The fourth-order valence-electron chi connectivity index (χ4n) is 3.11. The topological polar surface area (TPSA) is 36.0 Å². The Labute approximate surface area is 135 Å². The van der Waals surface area contributed by atoms with Crippen molar-refractivity contribution in [2.75, 3.05) is 0 Å². The van der Waals surface area contributed by atoms with Crippen molar-refractivity contribution in [2.45, 2.75) is 6.92 Å². The summed E-state index contributed by atoms with van der Waals surface area (Å²) in [5.41, 5.74) is 6.93. The van der Waals surface area contributed by atoms with E-state index in [1.54, 1.807) is 12.1 Å². The number of benzene rings is 3. The molecule has 0 aliphatic heterocycles. The normalized spacial score (nSPS) is 11.0. The molecule has 0 bridgehead atoms. The predicted octanol–water partition coefficient (Wildman–Crippen LogP) is 5.52. The largest absolute Gasteiger partial charge is 0.508 e. The summed E-state index contributed by atoms with van der Waals surface area (Å²) < 4.78 is 0. The number of para-hydroxylation sites is 1. The van der Waals surface area contributed by atoms with E-state index in [4.69, 9.17) is 0 Å². The number of aromatic nitrogens is 1. The fourth-order valence-corrected chi connectivity index (χ4v) is 3.11. The van der Waals surface area contributed by atoms with E-state index < -0.39 is 0 Å². The minimum atomic E-state index is 0.283. The molecule has 2 nitrogen and oxygen atoms in total. The second-order valence-electron chi connectivity index (χ2n) is 5.79. The minimum absolute atomic E-state index is 0.283. The number of hydrogen-bond acceptors (Lipinski definition) is 1. The molecule has 0 fully saturated rings. The Bertz CT molecular complexity index is 966. The third-order valence-electron chi connectivity index (χ3n) is 4.26. The van der Waals surface area contributed by atoms with E-state index in [0.717, 1.165) is 22.3 Å². The maximum atomic E-state index is 9.59. The van der Waals surface area contributed by atoms with Crippen molar-refractivity contribution in [1.29, 1.82) is 0 Å². The highest BCUT2D eigenvalue weighted by molar-refractivity contribution is 6.04. The van der Waals surface area contributed by atoms with E-state index in [9.17, 15) is 5.11 Å². The zero-order valence-corrected chi connectivity index (χ0v) is 12.9. The van der Waals surface area contributed by atoms with Crippen LogP contribution in [-0.4, -0.2) is 10.1 Å². The average molecular weight is 299 g/mol. The monoisotopic (exact) mass is 299 g/mol. The fraction of sp³-hybridized carbons (Fsp3) is 0.0476. The Morgan fingerprint density at radius 3 is 2.22 bits per heavy atom. The molecule has 1 aromatic heterocycles. The Balaban J connectivity index is 2.07. The van der Waals surface area contributed by atoms with Gasteiger partial charge in [-0.1, -0.05) is 60.7 Å². The molecule has 112 valence electrons. The van der Waals surface area contributed by atoms with Crippen LogP contribution in [0, 0.1) is 6.92 Å². The lowest BCUT2D eigenvalue weighted by molar-refractivity contribution is 0.475. The highest BCUT2D eigenvalue weighted by Crippen LogP contribution is 2.39. The van der Waals surface area contributed by atoms with Crippen molar-refractivity contribution in [3.63, 3.8) is 0 Å². The van der Waals surface area contributed by atoms with E-state index in [0.29, 0.717) is 0 Å². The van der Waals surface area contributed by atoms with Crippen molar-refractivity contribution in [3.8, 4) is 28.1 Å². The lowest BCUT2D eigenvalue weighted by Crippen LogP contribution is -1.82. The SMILES string of the molecule is Cc1cccc2c(-c3ccc(O)cc3)c(-c3ccccc3)[nH]c12. The Morgan fingerprint density at radius 1 is 0.739 bits per heavy atom. The Kier molecular flexibility index (Phi) is 3.16. The van der Waals surface area contributed by atoms with Crippen LogP contribution in [0.15, 0.2) is 72.8 Å². The first-order valence-corrected chi connectivity index (χ1v) is 7.70. The minimum Gasteiger partial charge on any atom is -0.508 e. The summed E-state index contributed by atoms with van der Waals surface area (Å²) in [7, 11) is 0. The Hall–Kier alpha value is -3.00. The molecule has 0 saturated heterocycles. The molecule has 2 heteroatoms. The molecule has 23 heavy (non-hydrogen) atoms. The van der Waals surface area contributed by atoms with Crippen LogP contribution in [0.4, 0.5) is 0 Å². The standard InChI is InChI=1S/C21H17NO/c1-14-6-5-9-18-19(15-10-12-17(23)13-11-15)21(22-20(14)18)16-7-3-2-4-8-16/h2-13,22-23H,1H3. The second-order valence-corrected chi connectivity index (χ2v) is 5.79. The van der Waals surface area contributed by atoms with Gasteiger partial charge in [0.1, 0.15) is 5.75 Å². The van der Waals surface area contributed by atoms with Gasteiger partial charge in [-0.3, -0.25) is 0 Å². The van der Waals surface area contributed by atoms with Crippen LogP contribution in [0.2, 0.25) is 0 Å². The maximum Gasteiger partial charge on any atom is 0.115 e. The number of nitrogens with one attached hydrogen (secondary N) is 1. The van der Waals surface area contributed by atoms with Gasteiger partial charge in [0.25, 0.3) is 0 Å². The van der Waals surface area contributed by atoms with E-state index in [2.05, 4.69) is 42.2 Å². The summed E-state index contributed by atoms with van der Waals surface area (Å²) in [5, 5.41) is 10.8. The molecular formula is C21H17NO. The van der Waals surface area contributed by atoms with Gasteiger partial charge in [-0.15, -0.1) is 0 Å². The highest BCUT2D eigenvalue weighted by Gasteiger charge is 2.15. The molecule has 0 aliphatic carbocycles. The number of phenols is 1. The van der Waals surface area contributed by atoms with Crippen LogP contribution in [0.25, 0.3) is 33.3 Å². The highest BCUT2D eigenvalue weighted by atomic mass is 16.3. The third-order valence-corrected chi connectivity index (χ3v) is 4.26. The number of hydrogen-bond donors (Lipinski definition) is 2. The van der Waals surface area contributed by atoms with Gasteiger partial charge in [0.15, 0.2) is 0 Å². The van der Waals surface area contributed by atoms with Gasteiger partial charge in [-0.25, -0.2) is 0 Å². The smallest absolute Gasteiger partial charge is 0.115 e. The van der Waals surface area contributed by atoms with Gasteiger partial charge in [0.2, 0.25) is 0 Å². The van der Waals surface area contributed by atoms with Crippen molar-refractivity contribution in [2.24, 2.45) is 0 Å². The summed E-state index contributed by atoms with van der Waals surface area (Å²) in [6.45, 7) is 2.12. The van der Waals surface area contributed by atoms with Gasteiger partial charge in [-0.2, -0.15) is 0 Å². The summed E-state index contributed by atoms with van der Waals surface area (Å²) in [5.74, 6) is 0.283. The number of fused-ring (bicyclic) bond motifs is 1. The summed E-state index contributed by atoms with van der Waals surface area (Å²) in [6.07, 6.45) is 0. The summed E-state index contributed by atoms with van der Waals surface area (Å²) in [6, 6.07) is 24.1. The van der Waals surface area contributed by atoms with Crippen molar-refractivity contribution in [3.05, 3.63) is 78.4 Å². The van der Waals surface area contributed by atoms with Gasteiger partial charge in [0.05, 0.1) is 5.69 Å². The van der Waals surface area contributed by atoms with Gasteiger partial charge in [-0.05, 0) is 35.7 Å². The molecule has 0 saturated carbocycles. The van der Waals surface area contributed by atoms with E-state index in [1.807, 2.05) is 30.3 Å². The number of H-pyrrole nitrogens is 1. The molecule has 4 aromatic rings. The van der Waals surface area contributed by atoms with Crippen LogP contribution in [-0.2, 0) is 0 Å². The van der Waals surface area contributed by atoms with Crippen LogP contribution >= 0.6 is 0 Å². The van der Waals surface area contributed by atoms with Crippen LogP contribution in [0.1, 0.15) is 5.56 Å². The average Bonchev–Trinajstić information content (AvgIpc) is 2.97. The quantitative estimate of drug-likeness (QED) is 0.502. The summed E-state index contributed by atoms with van der Waals surface area (Å²) in [4.78, 5) is 3.60. The van der Waals surface area contributed by atoms with Crippen molar-refractivity contribution < 1.29 is 5.11 Å². The van der Waals surface area contributed by atoms with Crippen LogP contribution in [0.5, 0.6) is 5.75 Å². The van der Waals surface area contributed by atoms with E-state index >= 15 is 0 Å². The molecule has 2 N–H and O–H groups in total. The maximum absolute atomic E-state index is 9.59. The number of aromatic amines is 1. The van der Waals surface area contributed by atoms with Gasteiger partial charge in [0, 0.05) is 16.5 Å². The molecule has 3 aromatic carbocycles. The molecule has 0 unspecified atom stereocenters. The predicted molar refractivity (Wildman–Crippen MR) is 95.6 cm³/mol. The first-order valence-electron chi connectivity index (χ1n) is 7.70. The molecule has 1 heterocycles. The zero-order chi connectivity index (χ0) is 15.8. The number of rotatable bonds is 2. The van der Waals surface area contributed by atoms with E-state index in [1.165, 1.54) is 16.5 Å². The molecule has 4 rings (SSSR count).